The van der Waals surface area contributed by atoms with Crippen LogP contribution < -0.4 is 25.8 Å². The summed E-state index contributed by atoms with van der Waals surface area (Å²) >= 11 is 0. The second-order valence-corrected chi connectivity index (χ2v) is 13.1. The van der Waals surface area contributed by atoms with E-state index in [1.807, 2.05) is 19.2 Å². The number of ether oxygens (including phenoxy) is 2. The fourth-order valence-corrected chi connectivity index (χ4v) is 5.82. The van der Waals surface area contributed by atoms with Gasteiger partial charge >= 0.3 is 12.2 Å². The molecule has 1 aliphatic heterocycles. The summed E-state index contributed by atoms with van der Waals surface area (Å²) in [6, 6.07) is 23.4. The van der Waals surface area contributed by atoms with Crippen molar-refractivity contribution in [1.82, 2.24) is 40.2 Å². The minimum Gasteiger partial charge on any atom is -0.457 e. The van der Waals surface area contributed by atoms with Gasteiger partial charge in [-0.3, -0.25) is 14.9 Å². The molecule has 4 N–H and O–H groups in total. The SMILES string of the molecule is CN1CCN(Cc2cc(NC(=O)Nc3cccc(Oc4ccnc(-c5nnco5)c4)c3)cc(C(F)(F)F)c2)CC1.Nc1cccc(Oc2ccnc(-c3nnco3)c2)c1. The molecule has 1 fully saturated rings. The van der Waals surface area contributed by atoms with Crippen molar-refractivity contribution in [1.29, 1.82) is 0 Å². The van der Waals surface area contributed by atoms with Crippen molar-refractivity contribution >= 4 is 23.1 Å². The van der Waals surface area contributed by atoms with Gasteiger partial charge in [-0.25, -0.2) is 4.79 Å². The molecule has 16 nitrogen and oxygen atoms in total. The molecule has 0 unspecified atom stereocenters. The summed E-state index contributed by atoms with van der Waals surface area (Å²) in [5.41, 5.74) is 7.41. The summed E-state index contributed by atoms with van der Waals surface area (Å²) < 4.78 is 62.6. The number of halogens is 3. The molecule has 0 aliphatic carbocycles. The quantitative estimate of drug-likeness (QED) is 0.113. The van der Waals surface area contributed by atoms with Gasteiger partial charge in [0.05, 0.1) is 5.56 Å². The van der Waals surface area contributed by atoms with E-state index in [0.717, 1.165) is 38.3 Å². The number of nitrogen functional groups attached to an aromatic ring is 1. The number of aromatic nitrogens is 6. The van der Waals surface area contributed by atoms with Gasteiger partial charge in [0.1, 0.15) is 34.4 Å². The van der Waals surface area contributed by atoms with Crippen LogP contribution in [-0.4, -0.2) is 79.4 Å². The molecule has 0 spiro atoms. The normalized spacial score (nSPS) is 13.2. The van der Waals surface area contributed by atoms with Gasteiger partial charge in [-0.05, 0) is 67.2 Å². The van der Waals surface area contributed by atoms with Crippen molar-refractivity contribution in [2.24, 2.45) is 0 Å². The van der Waals surface area contributed by atoms with Gasteiger partial charge in [0.2, 0.25) is 12.8 Å². The van der Waals surface area contributed by atoms with E-state index in [9.17, 15) is 18.0 Å². The van der Waals surface area contributed by atoms with Gasteiger partial charge in [-0.2, -0.15) is 13.2 Å². The van der Waals surface area contributed by atoms with Gasteiger partial charge in [-0.15, -0.1) is 20.4 Å². The standard InChI is InChI=1S/C27H26F3N7O3.C13H10N4O2/c1-36-7-9-37(10-8-36)16-18-11-19(27(28,29)30)13-21(12-18)34-26(38)33-20-3-2-4-22(14-20)40-23-5-6-31-24(15-23)25-35-32-17-39-25;14-9-2-1-3-10(6-9)19-11-4-5-15-12(7-11)13-17-16-8-18-13/h2-6,11-15,17H,7-10,16H2,1H3,(H2,33,34,38);1-8H,14H2. The summed E-state index contributed by atoms with van der Waals surface area (Å²) in [4.78, 5) is 25.3. The van der Waals surface area contributed by atoms with Crippen LogP contribution in [-0.2, 0) is 12.7 Å². The first-order valence-electron chi connectivity index (χ1n) is 18.0. The maximum absolute atomic E-state index is 13.6. The number of carbonyl (C=O) groups excluding carboxylic acids is 1. The Labute approximate surface area is 334 Å². The molecular weight excluding hydrogens is 772 g/mol. The lowest BCUT2D eigenvalue weighted by molar-refractivity contribution is -0.137. The first-order chi connectivity index (χ1) is 28.5. The van der Waals surface area contributed by atoms with Crippen LogP contribution in [0.5, 0.6) is 23.0 Å². The average molecular weight is 808 g/mol. The van der Waals surface area contributed by atoms with Gasteiger partial charge in [-0.1, -0.05) is 12.1 Å². The van der Waals surface area contributed by atoms with E-state index in [1.165, 1.54) is 19.0 Å². The molecule has 4 aromatic heterocycles. The second kappa shape index (κ2) is 18.3. The molecule has 0 atom stereocenters. The molecular formula is C40H36F3N11O5. The number of nitrogens with zero attached hydrogens (tertiary/aromatic N) is 8. The number of anilines is 3. The molecule has 1 saturated heterocycles. The number of likely N-dealkylation sites (N-methyl/N-ethyl adjacent to an activating group) is 1. The summed E-state index contributed by atoms with van der Waals surface area (Å²) in [5, 5.41) is 20.0. The van der Waals surface area contributed by atoms with E-state index in [1.54, 1.807) is 72.9 Å². The predicted molar refractivity (Wildman–Crippen MR) is 209 cm³/mol. The topological polar surface area (TPSA) is 196 Å². The summed E-state index contributed by atoms with van der Waals surface area (Å²) in [7, 11) is 2.01. The molecule has 3 aromatic carbocycles. The lowest BCUT2D eigenvalue weighted by atomic mass is 10.1. The minimum atomic E-state index is -4.55. The van der Waals surface area contributed by atoms with Crippen LogP contribution in [0.15, 0.2) is 125 Å². The Bertz CT molecular complexity index is 2460. The minimum absolute atomic E-state index is 0.0502. The number of carbonyl (C=O) groups is 1. The van der Waals surface area contributed by atoms with Crippen molar-refractivity contribution in [3.05, 3.63) is 127 Å². The molecule has 1 aliphatic rings. The van der Waals surface area contributed by atoms with E-state index < -0.39 is 17.8 Å². The van der Waals surface area contributed by atoms with Crippen LogP contribution in [0.2, 0.25) is 0 Å². The zero-order chi connectivity index (χ0) is 41.2. The summed E-state index contributed by atoms with van der Waals surface area (Å²) in [6.45, 7) is 3.56. The Morgan fingerprint density at radius 2 is 1.31 bits per heavy atom. The van der Waals surface area contributed by atoms with Gasteiger partial charge < -0.3 is 39.6 Å². The highest BCUT2D eigenvalue weighted by molar-refractivity contribution is 6.00. The van der Waals surface area contributed by atoms with Gasteiger partial charge in [0.15, 0.2) is 0 Å². The van der Waals surface area contributed by atoms with Crippen molar-refractivity contribution < 1.29 is 36.3 Å². The number of alkyl halides is 3. The summed E-state index contributed by atoms with van der Waals surface area (Å²) in [6.07, 6.45) is 1.03. The lowest BCUT2D eigenvalue weighted by Gasteiger charge is -2.32. The molecule has 0 radical (unpaired) electrons. The van der Waals surface area contributed by atoms with Crippen molar-refractivity contribution in [2.75, 3.05) is 49.6 Å². The highest BCUT2D eigenvalue weighted by Crippen LogP contribution is 2.33. The van der Waals surface area contributed by atoms with Crippen LogP contribution in [0.1, 0.15) is 11.1 Å². The Hall–Kier alpha value is -7.38. The fraction of sp³-hybridized carbons (Fsp3) is 0.175. The molecule has 5 heterocycles. The van der Waals surface area contributed by atoms with Crippen LogP contribution >= 0.6 is 0 Å². The second-order valence-electron chi connectivity index (χ2n) is 13.1. The zero-order valence-electron chi connectivity index (χ0n) is 31.3. The molecule has 0 bridgehead atoms. The highest BCUT2D eigenvalue weighted by Gasteiger charge is 2.31. The van der Waals surface area contributed by atoms with E-state index in [4.69, 9.17) is 24.0 Å². The number of hydrogen-bond acceptors (Lipinski definition) is 14. The van der Waals surface area contributed by atoms with E-state index in [2.05, 4.69) is 50.8 Å². The van der Waals surface area contributed by atoms with E-state index in [0.29, 0.717) is 63.8 Å². The molecule has 302 valence electrons. The third kappa shape index (κ3) is 11.4. The Morgan fingerprint density at radius 3 is 1.88 bits per heavy atom. The number of hydrogen-bond donors (Lipinski definition) is 3. The zero-order valence-corrected chi connectivity index (χ0v) is 31.3. The highest BCUT2D eigenvalue weighted by atomic mass is 19.4. The Kier molecular flexibility index (Phi) is 12.3. The number of rotatable bonds is 10. The molecule has 7 aromatic rings. The van der Waals surface area contributed by atoms with Crippen molar-refractivity contribution in [3.63, 3.8) is 0 Å². The number of amides is 2. The van der Waals surface area contributed by atoms with Gasteiger partial charge in [0.25, 0.3) is 11.8 Å². The monoisotopic (exact) mass is 807 g/mol. The number of nitrogens with one attached hydrogen (secondary N) is 2. The first kappa shape index (κ1) is 39.8. The average Bonchev–Trinajstić information content (AvgIpc) is 3.96. The fourth-order valence-electron chi connectivity index (χ4n) is 5.82. The molecule has 19 heteroatoms. The maximum Gasteiger partial charge on any atom is 0.416 e. The molecule has 0 saturated carbocycles. The number of nitrogens with two attached hydrogens (primary N) is 1. The van der Waals surface area contributed by atoms with Crippen LogP contribution in [0.3, 0.4) is 0 Å². The number of pyridine rings is 2. The third-order valence-corrected chi connectivity index (χ3v) is 8.62. The lowest BCUT2D eigenvalue weighted by Crippen LogP contribution is -2.43. The summed E-state index contributed by atoms with van der Waals surface area (Å²) in [5.74, 6) is 2.71. The Balaban J connectivity index is 0.000000231. The van der Waals surface area contributed by atoms with E-state index in [-0.39, 0.29) is 11.6 Å². The number of benzene rings is 3. The molecule has 2 amide bonds. The van der Waals surface area contributed by atoms with Crippen LogP contribution in [0, 0.1) is 0 Å². The molecule has 8 rings (SSSR count). The first-order valence-corrected chi connectivity index (χ1v) is 18.0. The number of piperazine rings is 1. The van der Waals surface area contributed by atoms with Gasteiger partial charge in [0, 0.05) is 86.4 Å². The molecule has 59 heavy (non-hydrogen) atoms. The van der Waals surface area contributed by atoms with Crippen molar-refractivity contribution in [2.45, 2.75) is 12.7 Å². The number of urea groups is 1. The van der Waals surface area contributed by atoms with Crippen molar-refractivity contribution in [3.8, 4) is 46.2 Å². The predicted octanol–water partition coefficient (Wildman–Crippen LogP) is 7.84. The maximum atomic E-state index is 13.6. The van der Waals surface area contributed by atoms with Crippen LogP contribution in [0.4, 0.5) is 35.0 Å². The Morgan fingerprint density at radius 1 is 0.729 bits per heavy atom. The van der Waals surface area contributed by atoms with E-state index >= 15 is 0 Å². The van der Waals surface area contributed by atoms with Crippen LogP contribution in [0.25, 0.3) is 23.2 Å². The third-order valence-electron chi connectivity index (χ3n) is 8.62. The smallest absolute Gasteiger partial charge is 0.416 e. The largest absolute Gasteiger partial charge is 0.457 e.